The molecule has 0 saturated carbocycles. The summed E-state index contributed by atoms with van der Waals surface area (Å²) in [7, 11) is 0. The van der Waals surface area contributed by atoms with Crippen LogP contribution in [0.15, 0.2) is 9.90 Å². The quantitative estimate of drug-likeness (QED) is 0.846. The Morgan fingerprint density at radius 3 is 2.76 bits per heavy atom. The lowest BCUT2D eigenvalue weighted by Gasteiger charge is -2.12. The van der Waals surface area contributed by atoms with Crippen LogP contribution in [0.25, 0.3) is 10.8 Å². The highest BCUT2D eigenvalue weighted by Crippen LogP contribution is 2.21. The minimum absolute atomic E-state index is 0.106. The number of hydrogen-bond donors (Lipinski definition) is 2. The highest BCUT2D eigenvalue weighted by atomic mass is 32.1. The number of thiazole rings is 1. The molecule has 0 aliphatic carbocycles. The van der Waals surface area contributed by atoms with Gasteiger partial charge in [0.15, 0.2) is 5.01 Å². The maximum atomic E-state index is 9.62. The molecule has 0 unspecified atom stereocenters. The lowest BCUT2D eigenvalue weighted by Crippen LogP contribution is -2.21. The van der Waals surface area contributed by atoms with Gasteiger partial charge in [0, 0.05) is 5.38 Å². The van der Waals surface area contributed by atoms with Crippen LogP contribution in [0, 0.1) is 0 Å². The molecule has 92 valence electrons. The zero-order chi connectivity index (χ0) is 12.5. The Morgan fingerprint density at radius 2 is 2.18 bits per heavy atom. The molecular weight excluding hydrogens is 242 g/mol. The Hall–Kier alpha value is -1.31. The third-order valence-corrected chi connectivity index (χ3v) is 2.84. The topological polar surface area (TPSA) is 92.3 Å². The second-order valence-corrected chi connectivity index (χ2v) is 5.16. The zero-order valence-corrected chi connectivity index (χ0v) is 10.4. The van der Waals surface area contributed by atoms with Crippen LogP contribution in [0.2, 0.25) is 0 Å². The molecule has 0 aliphatic heterocycles. The molecule has 0 fully saturated rings. The van der Waals surface area contributed by atoms with Crippen molar-refractivity contribution in [3.8, 4) is 10.8 Å². The van der Waals surface area contributed by atoms with Crippen LogP contribution in [0.3, 0.4) is 0 Å². The van der Waals surface area contributed by atoms with E-state index < -0.39 is 5.60 Å². The molecule has 0 aromatic carbocycles. The van der Waals surface area contributed by atoms with Crippen LogP contribution < -0.4 is 0 Å². The van der Waals surface area contributed by atoms with E-state index in [2.05, 4.69) is 15.1 Å². The van der Waals surface area contributed by atoms with E-state index in [1.165, 1.54) is 11.3 Å². The van der Waals surface area contributed by atoms with Gasteiger partial charge < -0.3 is 14.7 Å². The van der Waals surface area contributed by atoms with Crippen molar-refractivity contribution in [1.82, 2.24) is 15.1 Å². The summed E-state index contributed by atoms with van der Waals surface area (Å²) in [4.78, 5) is 8.27. The molecule has 2 aromatic heterocycles. The first-order chi connectivity index (χ1) is 7.98. The average molecular weight is 255 g/mol. The van der Waals surface area contributed by atoms with E-state index in [1.807, 2.05) is 0 Å². The van der Waals surface area contributed by atoms with Gasteiger partial charge in [-0.2, -0.15) is 4.98 Å². The van der Waals surface area contributed by atoms with Crippen molar-refractivity contribution in [3.05, 3.63) is 17.0 Å². The van der Waals surface area contributed by atoms with E-state index in [0.29, 0.717) is 22.4 Å². The van der Waals surface area contributed by atoms with E-state index in [0.717, 1.165) is 0 Å². The van der Waals surface area contributed by atoms with Gasteiger partial charge in [0.05, 0.1) is 24.3 Å². The maximum Gasteiger partial charge on any atom is 0.231 e. The van der Waals surface area contributed by atoms with Gasteiger partial charge in [0.2, 0.25) is 11.7 Å². The fourth-order valence-electron chi connectivity index (χ4n) is 1.27. The Labute approximate surface area is 102 Å². The zero-order valence-electron chi connectivity index (χ0n) is 9.54. The van der Waals surface area contributed by atoms with Crippen molar-refractivity contribution in [2.75, 3.05) is 0 Å². The van der Waals surface area contributed by atoms with Gasteiger partial charge in [-0.3, -0.25) is 0 Å². The molecule has 0 aliphatic rings. The Morgan fingerprint density at radius 1 is 1.41 bits per heavy atom. The fourth-order valence-corrected chi connectivity index (χ4v) is 2.00. The number of aromatic nitrogens is 3. The van der Waals surface area contributed by atoms with Crippen molar-refractivity contribution >= 4 is 11.3 Å². The van der Waals surface area contributed by atoms with Crippen LogP contribution in [0.5, 0.6) is 0 Å². The van der Waals surface area contributed by atoms with Crippen LogP contribution in [-0.4, -0.2) is 30.9 Å². The van der Waals surface area contributed by atoms with E-state index in [9.17, 15) is 5.11 Å². The average Bonchev–Trinajstić information content (AvgIpc) is 2.82. The summed E-state index contributed by atoms with van der Waals surface area (Å²) in [5, 5.41) is 24.6. The molecule has 0 atom stereocenters. The SMILES string of the molecule is CC(C)(O)Cc1nc(-c2nc(CO)cs2)no1. The highest BCUT2D eigenvalue weighted by molar-refractivity contribution is 7.13. The molecule has 0 radical (unpaired) electrons. The van der Waals surface area contributed by atoms with Gasteiger partial charge in [0.25, 0.3) is 0 Å². The third-order valence-electron chi connectivity index (χ3n) is 1.96. The lowest BCUT2D eigenvalue weighted by atomic mass is 10.1. The predicted molar refractivity (Wildman–Crippen MR) is 61.3 cm³/mol. The predicted octanol–water partition coefficient (Wildman–Crippen LogP) is 0.999. The molecule has 0 bridgehead atoms. The first-order valence-corrected chi connectivity index (χ1v) is 5.96. The summed E-state index contributed by atoms with van der Waals surface area (Å²) < 4.78 is 5.02. The number of nitrogens with zero attached hydrogens (tertiary/aromatic N) is 3. The third kappa shape index (κ3) is 3.09. The number of aliphatic hydroxyl groups is 2. The second kappa shape index (κ2) is 4.52. The second-order valence-electron chi connectivity index (χ2n) is 4.30. The van der Waals surface area contributed by atoms with Crippen molar-refractivity contribution in [2.45, 2.75) is 32.5 Å². The number of hydrogen-bond acceptors (Lipinski definition) is 7. The maximum absolute atomic E-state index is 9.62. The molecule has 0 amide bonds. The molecule has 2 aromatic rings. The summed E-state index contributed by atoms with van der Waals surface area (Å²) in [6.07, 6.45) is 0.290. The summed E-state index contributed by atoms with van der Waals surface area (Å²) in [6.45, 7) is 3.24. The van der Waals surface area contributed by atoms with Gasteiger partial charge in [-0.25, -0.2) is 4.98 Å². The van der Waals surface area contributed by atoms with E-state index in [-0.39, 0.29) is 13.0 Å². The Kier molecular flexibility index (Phi) is 3.23. The van der Waals surface area contributed by atoms with Crippen LogP contribution in [0.4, 0.5) is 0 Å². The molecular formula is C10H13N3O3S. The molecule has 17 heavy (non-hydrogen) atoms. The smallest absolute Gasteiger partial charge is 0.231 e. The standard InChI is InChI=1S/C10H13N3O3S/c1-10(2,15)3-7-12-8(13-16-7)9-11-6(4-14)5-17-9/h5,14-15H,3-4H2,1-2H3. The normalized spacial score (nSPS) is 12.0. The fraction of sp³-hybridized carbons (Fsp3) is 0.500. The van der Waals surface area contributed by atoms with Crippen LogP contribution >= 0.6 is 11.3 Å². The minimum Gasteiger partial charge on any atom is -0.390 e. The molecule has 0 spiro atoms. The van der Waals surface area contributed by atoms with Gasteiger partial charge in [-0.05, 0) is 13.8 Å². The van der Waals surface area contributed by atoms with Gasteiger partial charge in [-0.1, -0.05) is 5.16 Å². The van der Waals surface area contributed by atoms with Crippen molar-refractivity contribution in [3.63, 3.8) is 0 Å². The molecule has 2 N–H and O–H groups in total. The van der Waals surface area contributed by atoms with E-state index in [4.69, 9.17) is 9.63 Å². The van der Waals surface area contributed by atoms with Crippen molar-refractivity contribution in [2.24, 2.45) is 0 Å². The van der Waals surface area contributed by atoms with Gasteiger partial charge in [0.1, 0.15) is 0 Å². The Balaban J connectivity index is 2.18. The summed E-state index contributed by atoms with van der Waals surface area (Å²) in [6, 6.07) is 0. The monoisotopic (exact) mass is 255 g/mol. The largest absolute Gasteiger partial charge is 0.390 e. The van der Waals surface area contributed by atoms with Gasteiger partial charge >= 0.3 is 0 Å². The highest BCUT2D eigenvalue weighted by Gasteiger charge is 2.19. The number of aliphatic hydroxyl groups excluding tert-OH is 1. The van der Waals surface area contributed by atoms with E-state index in [1.54, 1.807) is 19.2 Å². The first kappa shape index (κ1) is 12.2. The molecule has 2 rings (SSSR count). The molecule has 6 nitrogen and oxygen atoms in total. The van der Waals surface area contributed by atoms with Crippen LogP contribution in [-0.2, 0) is 13.0 Å². The summed E-state index contributed by atoms with van der Waals surface area (Å²) in [5.74, 6) is 0.752. The van der Waals surface area contributed by atoms with Crippen LogP contribution in [0.1, 0.15) is 25.4 Å². The minimum atomic E-state index is -0.886. The Bertz CT molecular complexity index is 501. The number of rotatable bonds is 4. The van der Waals surface area contributed by atoms with E-state index >= 15 is 0 Å². The molecule has 0 saturated heterocycles. The van der Waals surface area contributed by atoms with Gasteiger partial charge in [-0.15, -0.1) is 11.3 Å². The summed E-state index contributed by atoms with van der Waals surface area (Å²) in [5.41, 5.74) is -0.304. The molecule has 2 heterocycles. The first-order valence-electron chi connectivity index (χ1n) is 5.08. The summed E-state index contributed by atoms with van der Waals surface area (Å²) >= 11 is 1.34. The van der Waals surface area contributed by atoms with Crippen molar-refractivity contribution in [1.29, 1.82) is 0 Å². The lowest BCUT2D eigenvalue weighted by molar-refractivity contribution is 0.0718. The molecule has 7 heteroatoms. The van der Waals surface area contributed by atoms with Crippen molar-refractivity contribution < 1.29 is 14.7 Å².